The fraction of sp³-hybridized carbons (Fsp3) is 0.250. The quantitative estimate of drug-likeness (QED) is 0.435. The van der Waals surface area contributed by atoms with E-state index in [0.29, 0.717) is 0 Å². The molecule has 2 N–H and O–H groups in total. The van der Waals surface area contributed by atoms with Crippen LogP contribution in [0.4, 0.5) is 0 Å². The maximum atomic E-state index is 12.0. The summed E-state index contributed by atoms with van der Waals surface area (Å²) in [5.41, 5.74) is 1.56. The molecule has 0 saturated carbocycles. The van der Waals surface area contributed by atoms with Gasteiger partial charge in [-0.3, -0.25) is 9.59 Å². The predicted octanol–water partition coefficient (Wildman–Crippen LogP) is 2.38. The second-order valence-corrected chi connectivity index (χ2v) is 6.92. The monoisotopic (exact) mass is 438 g/mol. The maximum absolute atomic E-state index is 12.0. The summed E-state index contributed by atoms with van der Waals surface area (Å²) in [6.07, 6.45) is 1.90. The highest BCUT2D eigenvalue weighted by molar-refractivity contribution is 5.91. The van der Waals surface area contributed by atoms with Crippen LogP contribution in [-0.2, 0) is 28.7 Å². The molecule has 0 fully saturated rings. The lowest BCUT2D eigenvalue weighted by molar-refractivity contribution is -0.141. The van der Waals surface area contributed by atoms with Crippen LogP contribution in [-0.4, -0.2) is 37.0 Å². The summed E-state index contributed by atoms with van der Waals surface area (Å²) in [5.74, 6) is -2.04. The zero-order valence-electron chi connectivity index (χ0n) is 17.9. The third-order valence-electron chi connectivity index (χ3n) is 4.30. The summed E-state index contributed by atoms with van der Waals surface area (Å²) in [7, 11) is 0. The van der Waals surface area contributed by atoms with Crippen LogP contribution < -0.4 is 10.6 Å². The summed E-state index contributed by atoms with van der Waals surface area (Å²) in [5, 5.41) is 5.43. The van der Waals surface area contributed by atoms with Gasteiger partial charge in [0, 0.05) is 26.0 Å². The highest BCUT2D eigenvalue weighted by atomic mass is 16.5. The lowest BCUT2D eigenvalue weighted by Gasteiger charge is -2.18. The van der Waals surface area contributed by atoms with Crippen molar-refractivity contribution in [2.75, 3.05) is 13.2 Å². The number of nitrogens with one attached hydrogen (secondary N) is 2. The largest absolute Gasteiger partial charge is 0.460 e. The summed E-state index contributed by atoms with van der Waals surface area (Å²) in [6, 6.07) is 17.1. The van der Waals surface area contributed by atoms with Gasteiger partial charge in [-0.2, -0.15) is 0 Å². The van der Waals surface area contributed by atoms with Crippen LogP contribution in [0.15, 0.2) is 72.8 Å². The van der Waals surface area contributed by atoms with Crippen LogP contribution in [0.2, 0.25) is 0 Å². The topological polar surface area (TPSA) is 111 Å². The minimum Gasteiger partial charge on any atom is -0.460 e. The first-order chi connectivity index (χ1) is 15.3. The first-order valence-electron chi connectivity index (χ1n) is 10.0. The van der Waals surface area contributed by atoms with Crippen LogP contribution in [0.25, 0.3) is 0 Å². The van der Waals surface area contributed by atoms with Crippen molar-refractivity contribution in [2.24, 2.45) is 0 Å². The molecule has 2 rings (SSSR count). The molecule has 168 valence electrons. The molecule has 0 bridgehead atoms. The van der Waals surface area contributed by atoms with E-state index < -0.39 is 24.0 Å². The van der Waals surface area contributed by atoms with Gasteiger partial charge in [0.25, 0.3) is 0 Å². The third-order valence-corrected chi connectivity index (χ3v) is 4.30. The molecule has 0 aromatic heterocycles. The molecule has 0 spiro atoms. The number of carbonyl (C=O) groups is 4. The zero-order valence-corrected chi connectivity index (χ0v) is 17.9. The van der Waals surface area contributed by atoms with Gasteiger partial charge in [-0.15, -0.1) is 0 Å². The molecule has 2 aromatic carbocycles. The SMILES string of the molecule is CC(=O)N[C@H](COC(=O)/C=C/C(=O)OC[C@@H](NC(C)=O)c1ccccc1)c1ccccc1. The van der Waals surface area contributed by atoms with E-state index in [1.54, 1.807) is 24.3 Å². The van der Waals surface area contributed by atoms with Gasteiger partial charge >= 0.3 is 11.9 Å². The van der Waals surface area contributed by atoms with Crippen LogP contribution in [0.1, 0.15) is 37.1 Å². The summed E-state index contributed by atoms with van der Waals surface area (Å²) in [6.45, 7) is 2.55. The highest BCUT2D eigenvalue weighted by Gasteiger charge is 2.16. The second kappa shape index (κ2) is 12.7. The van der Waals surface area contributed by atoms with Crippen molar-refractivity contribution >= 4 is 23.8 Å². The highest BCUT2D eigenvalue weighted by Crippen LogP contribution is 2.14. The van der Waals surface area contributed by atoms with Crippen molar-refractivity contribution in [3.8, 4) is 0 Å². The van der Waals surface area contributed by atoms with E-state index in [-0.39, 0.29) is 25.0 Å². The Bertz CT molecular complexity index is 866. The fourth-order valence-electron chi connectivity index (χ4n) is 2.87. The van der Waals surface area contributed by atoms with Gasteiger partial charge in [-0.1, -0.05) is 60.7 Å². The molecule has 8 nitrogen and oxygen atoms in total. The lowest BCUT2D eigenvalue weighted by Crippen LogP contribution is -2.30. The Kier molecular flexibility index (Phi) is 9.65. The standard InChI is InChI=1S/C24H26N2O6/c1-17(27)25-21(19-9-5-3-6-10-19)15-31-23(29)13-14-24(30)32-16-22(26-18(2)28)20-11-7-4-8-12-20/h3-14,21-22H,15-16H2,1-2H3,(H,25,27)(H,26,28)/b14-13+/t21-,22-/m1/s1. The smallest absolute Gasteiger partial charge is 0.331 e. The van der Waals surface area contributed by atoms with Crippen LogP contribution in [0, 0.1) is 0 Å². The number of amides is 2. The number of ether oxygens (including phenoxy) is 2. The molecular formula is C24H26N2O6. The Labute approximate surface area is 186 Å². The molecule has 0 aliphatic rings. The Hall–Kier alpha value is -3.94. The summed E-state index contributed by atoms with van der Waals surface area (Å²) in [4.78, 5) is 46.8. The molecule has 2 atom stereocenters. The van der Waals surface area contributed by atoms with Crippen LogP contribution in [0.3, 0.4) is 0 Å². The van der Waals surface area contributed by atoms with Crippen molar-refractivity contribution in [3.63, 3.8) is 0 Å². The predicted molar refractivity (Wildman–Crippen MR) is 117 cm³/mol. The molecule has 0 aliphatic heterocycles. The first kappa shape index (κ1) is 24.3. The van der Waals surface area contributed by atoms with Gasteiger partial charge in [0.1, 0.15) is 13.2 Å². The minimum atomic E-state index is -0.755. The lowest BCUT2D eigenvalue weighted by atomic mass is 10.1. The molecular weight excluding hydrogens is 412 g/mol. The van der Waals surface area contributed by atoms with Crippen molar-refractivity contribution in [1.29, 1.82) is 0 Å². The molecule has 32 heavy (non-hydrogen) atoms. The summed E-state index contributed by atoms with van der Waals surface area (Å²) >= 11 is 0. The molecule has 0 aliphatic carbocycles. The van der Waals surface area contributed by atoms with E-state index in [0.717, 1.165) is 23.3 Å². The van der Waals surface area contributed by atoms with Crippen LogP contribution in [0.5, 0.6) is 0 Å². The second-order valence-electron chi connectivity index (χ2n) is 6.92. The van der Waals surface area contributed by atoms with E-state index in [2.05, 4.69) is 10.6 Å². The molecule has 0 saturated heterocycles. The molecule has 8 heteroatoms. The van der Waals surface area contributed by atoms with Crippen molar-refractivity contribution in [2.45, 2.75) is 25.9 Å². The molecule has 2 amide bonds. The van der Waals surface area contributed by atoms with Crippen molar-refractivity contribution in [3.05, 3.63) is 83.9 Å². The van der Waals surface area contributed by atoms with Gasteiger partial charge in [0.15, 0.2) is 0 Å². The van der Waals surface area contributed by atoms with Gasteiger partial charge in [-0.05, 0) is 11.1 Å². The van der Waals surface area contributed by atoms with E-state index in [9.17, 15) is 19.2 Å². The number of esters is 2. The Morgan fingerprint density at radius 3 is 1.34 bits per heavy atom. The Morgan fingerprint density at radius 2 is 1.03 bits per heavy atom. The number of rotatable bonds is 10. The summed E-state index contributed by atoms with van der Waals surface area (Å²) < 4.78 is 10.3. The van der Waals surface area contributed by atoms with Crippen molar-refractivity contribution in [1.82, 2.24) is 10.6 Å². The Balaban J connectivity index is 1.87. The maximum Gasteiger partial charge on any atom is 0.331 e. The average Bonchev–Trinajstić information content (AvgIpc) is 2.78. The molecule has 0 heterocycles. The number of benzene rings is 2. The molecule has 2 aromatic rings. The molecule has 0 unspecified atom stereocenters. The third kappa shape index (κ3) is 8.83. The normalized spacial score (nSPS) is 12.4. The first-order valence-corrected chi connectivity index (χ1v) is 10.0. The Morgan fingerprint density at radius 1 is 0.688 bits per heavy atom. The van der Waals surface area contributed by atoms with E-state index >= 15 is 0 Å². The van der Waals surface area contributed by atoms with Gasteiger partial charge in [-0.25, -0.2) is 9.59 Å². The van der Waals surface area contributed by atoms with Gasteiger partial charge in [0.05, 0.1) is 12.1 Å². The van der Waals surface area contributed by atoms with E-state index in [1.165, 1.54) is 13.8 Å². The zero-order chi connectivity index (χ0) is 23.3. The number of hydrogen-bond donors (Lipinski definition) is 2. The van der Waals surface area contributed by atoms with Gasteiger partial charge < -0.3 is 20.1 Å². The average molecular weight is 438 g/mol. The number of hydrogen-bond acceptors (Lipinski definition) is 6. The fourth-order valence-corrected chi connectivity index (χ4v) is 2.87. The van der Waals surface area contributed by atoms with E-state index in [1.807, 2.05) is 36.4 Å². The number of carbonyl (C=O) groups excluding carboxylic acids is 4. The van der Waals surface area contributed by atoms with E-state index in [4.69, 9.17) is 9.47 Å². The van der Waals surface area contributed by atoms with Crippen molar-refractivity contribution < 1.29 is 28.7 Å². The minimum absolute atomic E-state index is 0.0968. The van der Waals surface area contributed by atoms with Crippen LogP contribution >= 0.6 is 0 Å². The molecule has 0 radical (unpaired) electrons. The van der Waals surface area contributed by atoms with Gasteiger partial charge in [0.2, 0.25) is 11.8 Å².